The number of ether oxygens (including phenoxy) is 2. The van der Waals surface area contributed by atoms with Crippen molar-refractivity contribution in [3.8, 4) is 0 Å². The van der Waals surface area contributed by atoms with Crippen molar-refractivity contribution in [2.75, 3.05) is 26.2 Å². The Morgan fingerprint density at radius 1 is 1.35 bits per heavy atom. The maximum Gasteiger partial charge on any atom is 0.221 e. The lowest BCUT2D eigenvalue weighted by Gasteiger charge is -2.37. The number of amides is 1. The van der Waals surface area contributed by atoms with Crippen LogP contribution in [0.1, 0.15) is 47.0 Å². The van der Waals surface area contributed by atoms with Gasteiger partial charge in [0, 0.05) is 44.4 Å². The lowest BCUT2D eigenvalue weighted by molar-refractivity contribution is -0.193. The first-order chi connectivity index (χ1) is 9.28. The number of carbonyl (C=O) groups excluding carboxylic acids is 1. The van der Waals surface area contributed by atoms with Crippen molar-refractivity contribution in [2.24, 2.45) is 0 Å². The quantitative estimate of drug-likeness (QED) is 0.853. The second-order valence-corrected chi connectivity index (χ2v) is 7.04. The van der Waals surface area contributed by atoms with Crippen LogP contribution in [0.3, 0.4) is 0 Å². The number of rotatable bonds is 3. The molecule has 1 atom stereocenters. The summed E-state index contributed by atoms with van der Waals surface area (Å²) in [6.07, 6.45) is 2.57. The molecule has 1 amide bonds. The smallest absolute Gasteiger partial charge is 0.221 e. The van der Waals surface area contributed by atoms with Crippen LogP contribution >= 0.6 is 0 Å². The van der Waals surface area contributed by atoms with E-state index in [0.717, 1.165) is 32.5 Å². The van der Waals surface area contributed by atoms with Crippen molar-refractivity contribution < 1.29 is 14.3 Å². The summed E-state index contributed by atoms with van der Waals surface area (Å²) in [5.41, 5.74) is -0.148. The highest BCUT2D eigenvalue weighted by Crippen LogP contribution is 2.33. The molecule has 2 aliphatic rings. The zero-order valence-electron chi connectivity index (χ0n) is 13.2. The minimum Gasteiger partial charge on any atom is -0.351 e. The predicted octanol–water partition coefficient (Wildman–Crippen LogP) is 1.52. The summed E-state index contributed by atoms with van der Waals surface area (Å²) in [5.74, 6) is -0.219. The van der Waals surface area contributed by atoms with E-state index in [-0.39, 0.29) is 23.3 Å². The van der Waals surface area contributed by atoms with E-state index in [1.165, 1.54) is 0 Å². The molecule has 2 aliphatic heterocycles. The number of likely N-dealkylation sites (tertiary alicyclic amines) is 1. The summed E-state index contributed by atoms with van der Waals surface area (Å²) in [6, 6.07) is 0. The molecular formula is C15H28N2O3. The molecule has 0 radical (unpaired) electrons. The van der Waals surface area contributed by atoms with Gasteiger partial charge < -0.3 is 19.7 Å². The van der Waals surface area contributed by atoms with Gasteiger partial charge in [-0.15, -0.1) is 0 Å². The lowest BCUT2D eigenvalue weighted by atomic mass is 10.0. The van der Waals surface area contributed by atoms with Crippen LogP contribution in [0, 0.1) is 0 Å². The third kappa shape index (κ3) is 4.43. The maximum absolute atomic E-state index is 11.8. The third-order valence-corrected chi connectivity index (χ3v) is 3.78. The molecule has 0 aromatic heterocycles. The minimum absolute atomic E-state index is 0.125. The van der Waals surface area contributed by atoms with E-state index in [1.807, 2.05) is 20.8 Å². The van der Waals surface area contributed by atoms with Gasteiger partial charge in [0.05, 0.1) is 12.7 Å². The molecule has 2 fully saturated rings. The van der Waals surface area contributed by atoms with Gasteiger partial charge in [-0.3, -0.25) is 4.79 Å². The van der Waals surface area contributed by atoms with Crippen LogP contribution in [0.4, 0.5) is 0 Å². The van der Waals surface area contributed by atoms with Gasteiger partial charge in [-0.1, -0.05) is 0 Å². The van der Waals surface area contributed by atoms with Gasteiger partial charge in [0.2, 0.25) is 5.91 Å². The summed E-state index contributed by atoms with van der Waals surface area (Å²) >= 11 is 0. The van der Waals surface area contributed by atoms with E-state index in [9.17, 15) is 4.79 Å². The number of nitrogens with zero attached hydrogens (tertiary/aromatic N) is 1. The number of hydrogen-bond donors (Lipinski definition) is 1. The molecule has 2 heterocycles. The molecule has 2 saturated heterocycles. The average Bonchev–Trinajstić information content (AvgIpc) is 2.68. The standard InChI is InChI=1S/C15H28N2O3/c1-12-11-19-15(20-12)6-9-17(10-7-15)8-5-13(18)16-14(2,3)4/h12H,5-11H2,1-4H3,(H,16,18)/t12-/m1/s1. The fraction of sp³-hybridized carbons (Fsp3) is 0.933. The second-order valence-electron chi connectivity index (χ2n) is 7.04. The highest BCUT2D eigenvalue weighted by Gasteiger charge is 2.42. The highest BCUT2D eigenvalue weighted by molar-refractivity contribution is 5.76. The van der Waals surface area contributed by atoms with E-state index >= 15 is 0 Å². The number of carbonyl (C=O) groups is 1. The molecular weight excluding hydrogens is 256 g/mol. The van der Waals surface area contributed by atoms with E-state index in [0.29, 0.717) is 13.0 Å². The number of nitrogens with one attached hydrogen (secondary N) is 1. The topological polar surface area (TPSA) is 50.8 Å². The van der Waals surface area contributed by atoms with Crippen molar-refractivity contribution in [3.05, 3.63) is 0 Å². The van der Waals surface area contributed by atoms with E-state index < -0.39 is 0 Å². The van der Waals surface area contributed by atoms with Crippen molar-refractivity contribution in [1.82, 2.24) is 10.2 Å². The first kappa shape index (κ1) is 15.7. The van der Waals surface area contributed by atoms with Gasteiger partial charge in [0.1, 0.15) is 0 Å². The normalized spacial score (nSPS) is 26.9. The molecule has 1 N–H and O–H groups in total. The molecule has 5 heteroatoms. The molecule has 1 spiro atoms. The van der Waals surface area contributed by atoms with Crippen LogP contribution in [0.15, 0.2) is 0 Å². The fourth-order valence-corrected chi connectivity index (χ4v) is 2.82. The molecule has 0 saturated carbocycles. The molecule has 2 rings (SSSR count). The Morgan fingerprint density at radius 2 is 2.00 bits per heavy atom. The van der Waals surface area contributed by atoms with Crippen LogP contribution < -0.4 is 5.32 Å². The number of piperidine rings is 1. The Balaban J connectivity index is 1.69. The zero-order chi connectivity index (χ0) is 14.8. The third-order valence-electron chi connectivity index (χ3n) is 3.78. The second kappa shape index (κ2) is 6.00. The minimum atomic E-state index is -0.344. The highest BCUT2D eigenvalue weighted by atomic mass is 16.7. The molecule has 20 heavy (non-hydrogen) atoms. The summed E-state index contributed by atoms with van der Waals surface area (Å²) < 4.78 is 11.7. The van der Waals surface area contributed by atoms with Crippen molar-refractivity contribution in [3.63, 3.8) is 0 Å². The van der Waals surface area contributed by atoms with Crippen molar-refractivity contribution in [1.29, 1.82) is 0 Å². The van der Waals surface area contributed by atoms with Crippen LogP contribution in [-0.4, -0.2) is 54.5 Å². The first-order valence-electron chi connectivity index (χ1n) is 7.63. The Bertz CT molecular complexity index is 344. The van der Waals surface area contributed by atoms with Crippen molar-refractivity contribution in [2.45, 2.75) is 64.4 Å². The average molecular weight is 284 g/mol. The van der Waals surface area contributed by atoms with Crippen LogP contribution in [0.25, 0.3) is 0 Å². The van der Waals surface area contributed by atoms with Crippen LogP contribution in [0.2, 0.25) is 0 Å². The first-order valence-corrected chi connectivity index (χ1v) is 7.63. The van der Waals surface area contributed by atoms with Gasteiger partial charge in [-0.05, 0) is 27.7 Å². The Kier molecular flexibility index (Phi) is 4.72. The molecule has 0 aromatic carbocycles. The molecule has 116 valence electrons. The Hall–Kier alpha value is -0.650. The number of hydrogen-bond acceptors (Lipinski definition) is 4. The molecule has 0 bridgehead atoms. The molecule has 0 aromatic rings. The zero-order valence-corrected chi connectivity index (χ0v) is 13.2. The van der Waals surface area contributed by atoms with Gasteiger partial charge in [-0.25, -0.2) is 0 Å². The summed E-state index contributed by atoms with van der Waals surface area (Å²) in [6.45, 7) is 11.5. The van der Waals surface area contributed by atoms with E-state index in [4.69, 9.17) is 9.47 Å². The summed E-state index contributed by atoms with van der Waals surface area (Å²) in [7, 11) is 0. The maximum atomic E-state index is 11.8. The molecule has 5 nitrogen and oxygen atoms in total. The summed E-state index contributed by atoms with van der Waals surface area (Å²) in [4.78, 5) is 14.1. The fourth-order valence-electron chi connectivity index (χ4n) is 2.82. The largest absolute Gasteiger partial charge is 0.351 e. The van der Waals surface area contributed by atoms with Gasteiger partial charge >= 0.3 is 0 Å². The summed E-state index contributed by atoms with van der Waals surface area (Å²) in [5, 5.41) is 3.00. The Morgan fingerprint density at radius 3 is 2.50 bits per heavy atom. The monoisotopic (exact) mass is 284 g/mol. The predicted molar refractivity (Wildman–Crippen MR) is 77.4 cm³/mol. The van der Waals surface area contributed by atoms with Crippen molar-refractivity contribution >= 4 is 5.91 Å². The van der Waals surface area contributed by atoms with E-state index in [1.54, 1.807) is 0 Å². The molecule has 0 unspecified atom stereocenters. The van der Waals surface area contributed by atoms with Gasteiger partial charge in [0.25, 0.3) is 0 Å². The van der Waals surface area contributed by atoms with Crippen LogP contribution in [0.5, 0.6) is 0 Å². The van der Waals surface area contributed by atoms with Crippen LogP contribution in [-0.2, 0) is 14.3 Å². The van der Waals surface area contributed by atoms with Gasteiger partial charge in [-0.2, -0.15) is 0 Å². The SMILES string of the molecule is C[C@@H]1COC2(CCN(CCC(=O)NC(C)(C)C)CC2)O1. The van der Waals surface area contributed by atoms with Gasteiger partial charge in [0.15, 0.2) is 5.79 Å². The Labute approximate surface area is 122 Å². The molecule has 0 aliphatic carbocycles. The van der Waals surface area contributed by atoms with E-state index in [2.05, 4.69) is 17.1 Å². The lowest BCUT2D eigenvalue weighted by Crippen LogP contribution is -2.47.